The Morgan fingerprint density at radius 2 is 1.96 bits per heavy atom. The molecule has 24 heavy (non-hydrogen) atoms. The Morgan fingerprint density at radius 1 is 1.21 bits per heavy atom. The van der Waals surface area contributed by atoms with Crippen molar-refractivity contribution in [1.29, 1.82) is 0 Å². The highest BCUT2D eigenvalue weighted by molar-refractivity contribution is 5.95. The number of hydrogen-bond acceptors (Lipinski definition) is 3. The van der Waals surface area contributed by atoms with E-state index in [1.165, 1.54) is 17.8 Å². The summed E-state index contributed by atoms with van der Waals surface area (Å²) in [6, 6.07) is 11.7. The fourth-order valence-corrected chi connectivity index (χ4v) is 2.16. The number of benzene rings is 1. The smallest absolute Gasteiger partial charge is 0.252 e. The standard InChI is InChI=1S/C19H21N3O2/c1-20-19(24)17-12-16(13-21-14-17)8-9-18(23)22(2)11-10-15-6-4-3-5-7-15/h3-9,12-14H,10-11H2,1-2H3,(H,20,24)/b9-8+. The Kier molecular flexibility index (Phi) is 6.25. The lowest BCUT2D eigenvalue weighted by Gasteiger charge is -2.14. The second kappa shape index (κ2) is 8.62. The molecule has 1 aromatic heterocycles. The first-order valence-electron chi connectivity index (χ1n) is 7.74. The topological polar surface area (TPSA) is 62.3 Å². The Hall–Kier alpha value is -2.95. The highest BCUT2D eigenvalue weighted by Gasteiger charge is 2.06. The average Bonchev–Trinajstić information content (AvgIpc) is 2.64. The van der Waals surface area contributed by atoms with Crippen molar-refractivity contribution in [2.45, 2.75) is 6.42 Å². The molecule has 2 amide bonds. The van der Waals surface area contributed by atoms with Gasteiger partial charge in [-0.3, -0.25) is 14.6 Å². The van der Waals surface area contributed by atoms with Gasteiger partial charge in [-0.05, 0) is 29.7 Å². The number of nitrogens with zero attached hydrogens (tertiary/aromatic N) is 2. The van der Waals surface area contributed by atoms with E-state index in [0.29, 0.717) is 17.7 Å². The van der Waals surface area contributed by atoms with Crippen molar-refractivity contribution in [3.8, 4) is 0 Å². The maximum atomic E-state index is 12.2. The summed E-state index contributed by atoms with van der Waals surface area (Å²) in [7, 11) is 3.34. The van der Waals surface area contributed by atoms with Crippen LogP contribution in [0.3, 0.4) is 0 Å². The summed E-state index contributed by atoms with van der Waals surface area (Å²) in [6.45, 7) is 0.643. The Morgan fingerprint density at radius 3 is 2.67 bits per heavy atom. The monoisotopic (exact) mass is 323 g/mol. The van der Waals surface area contributed by atoms with Crippen molar-refractivity contribution >= 4 is 17.9 Å². The molecule has 2 aromatic rings. The number of rotatable bonds is 6. The summed E-state index contributed by atoms with van der Waals surface area (Å²) < 4.78 is 0. The van der Waals surface area contributed by atoms with Crippen molar-refractivity contribution in [3.63, 3.8) is 0 Å². The van der Waals surface area contributed by atoms with Crippen LogP contribution in [0, 0.1) is 0 Å². The summed E-state index contributed by atoms with van der Waals surface area (Å²) in [5, 5.41) is 2.55. The number of hydrogen-bond donors (Lipinski definition) is 1. The van der Waals surface area contributed by atoms with Gasteiger partial charge in [-0.15, -0.1) is 0 Å². The molecule has 0 aliphatic heterocycles. The van der Waals surface area contributed by atoms with E-state index < -0.39 is 0 Å². The van der Waals surface area contributed by atoms with Crippen LogP contribution < -0.4 is 5.32 Å². The molecule has 0 aliphatic carbocycles. The van der Waals surface area contributed by atoms with Crippen LogP contribution in [0.15, 0.2) is 54.9 Å². The van der Waals surface area contributed by atoms with E-state index in [2.05, 4.69) is 10.3 Å². The number of carbonyl (C=O) groups excluding carboxylic acids is 2. The Labute approximate surface area is 142 Å². The van der Waals surface area contributed by atoms with Crippen LogP contribution in [0.1, 0.15) is 21.5 Å². The van der Waals surface area contributed by atoms with Crippen LogP contribution in [0.4, 0.5) is 0 Å². The van der Waals surface area contributed by atoms with Crippen LogP contribution in [0.2, 0.25) is 0 Å². The predicted octanol–water partition coefficient (Wildman–Crippen LogP) is 2.16. The van der Waals surface area contributed by atoms with Crippen LogP contribution in [0.25, 0.3) is 6.08 Å². The first kappa shape index (κ1) is 17.4. The molecular weight excluding hydrogens is 302 g/mol. The predicted molar refractivity (Wildman–Crippen MR) is 94.4 cm³/mol. The SMILES string of the molecule is CNC(=O)c1cncc(/C=C/C(=O)N(C)CCc2ccccc2)c1. The number of pyridine rings is 1. The minimum Gasteiger partial charge on any atom is -0.355 e. The number of carbonyl (C=O) groups is 2. The minimum atomic E-state index is -0.205. The molecule has 1 aromatic carbocycles. The lowest BCUT2D eigenvalue weighted by atomic mass is 10.1. The first-order valence-corrected chi connectivity index (χ1v) is 7.74. The van der Waals surface area contributed by atoms with Crippen molar-refractivity contribution in [1.82, 2.24) is 15.2 Å². The zero-order chi connectivity index (χ0) is 17.4. The molecular formula is C19H21N3O2. The maximum Gasteiger partial charge on any atom is 0.252 e. The molecule has 0 saturated heterocycles. The van der Waals surface area contributed by atoms with Crippen molar-refractivity contribution in [2.75, 3.05) is 20.6 Å². The fraction of sp³-hybridized carbons (Fsp3) is 0.211. The van der Waals surface area contributed by atoms with E-state index in [1.807, 2.05) is 30.3 Å². The van der Waals surface area contributed by atoms with E-state index in [-0.39, 0.29) is 11.8 Å². The van der Waals surface area contributed by atoms with Gasteiger partial charge in [0.15, 0.2) is 0 Å². The average molecular weight is 323 g/mol. The summed E-state index contributed by atoms with van der Waals surface area (Å²) in [5.41, 5.74) is 2.37. The van der Waals surface area contributed by atoms with Gasteiger partial charge in [0.2, 0.25) is 5.91 Å². The molecule has 0 spiro atoms. The third kappa shape index (κ3) is 5.05. The van der Waals surface area contributed by atoms with Gasteiger partial charge in [-0.1, -0.05) is 30.3 Å². The van der Waals surface area contributed by atoms with Crippen molar-refractivity contribution < 1.29 is 9.59 Å². The summed E-state index contributed by atoms with van der Waals surface area (Å²) in [5.74, 6) is -0.291. The van der Waals surface area contributed by atoms with E-state index >= 15 is 0 Å². The summed E-state index contributed by atoms with van der Waals surface area (Å²) in [6.07, 6.45) is 7.07. The van der Waals surface area contributed by atoms with Gasteiger partial charge in [0.05, 0.1) is 5.56 Å². The fourth-order valence-electron chi connectivity index (χ4n) is 2.16. The third-order valence-corrected chi connectivity index (χ3v) is 3.62. The number of likely N-dealkylation sites (N-methyl/N-ethyl adjacent to an activating group) is 1. The van der Waals surface area contributed by atoms with Crippen molar-refractivity contribution in [2.24, 2.45) is 0 Å². The van der Waals surface area contributed by atoms with E-state index in [0.717, 1.165) is 6.42 Å². The quantitative estimate of drug-likeness (QED) is 0.829. The largest absolute Gasteiger partial charge is 0.355 e. The molecule has 0 radical (unpaired) electrons. The summed E-state index contributed by atoms with van der Waals surface area (Å²) in [4.78, 5) is 29.4. The van der Waals surface area contributed by atoms with Gasteiger partial charge in [0, 0.05) is 39.1 Å². The van der Waals surface area contributed by atoms with Gasteiger partial charge >= 0.3 is 0 Å². The highest BCUT2D eigenvalue weighted by Crippen LogP contribution is 2.06. The molecule has 5 heteroatoms. The maximum absolute atomic E-state index is 12.2. The van der Waals surface area contributed by atoms with Gasteiger partial charge in [-0.2, -0.15) is 0 Å². The van der Waals surface area contributed by atoms with Crippen LogP contribution >= 0.6 is 0 Å². The van der Waals surface area contributed by atoms with Gasteiger partial charge in [-0.25, -0.2) is 0 Å². The first-order chi connectivity index (χ1) is 11.6. The van der Waals surface area contributed by atoms with Gasteiger partial charge < -0.3 is 10.2 Å². The lowest BCUT2D eigenvalue weighted by Crippen LogP contribution is -2.27. The van der Waals surface area contributed by atoms with Crippen LogP contribution in [-0.2, 0) is 11.2 Å². The van der Waals surface area contributed by atoms with E-state index in [1.54, 1.807) is 37.3 Å². The Balaban J connectivity index is 1.93. The van der Waals surface area contributed by atoms with Gasteiger partial charge in [0.25, 0.3) is 5.91 Å². The minimum absolute atomic E-state index is 0.0868. The molecule has 1 heterocycles. The van der Waals surface area contributed by atoms with Crippen LogP contribution in [0.5, 0.6) is 0 Å². The molecule has 2 rings (SSSR count). The van der Waals surface area contributed by atoms with Crippen molar-refractivity contribution in [3.05, 3.63) is 71.6 Å². The molecule has 0 unspecified atom stereocenters. The van der Waals surface area contributed by atoms with E-state index in [9.17, 15) is 9.59 Å². The highest BCUT2D eigenvalue weighted by atomic mass is 16.2. The van der Waals surface area contributed by atoms with E-state index in [4.69, 9.17) is 0 Å². The third-order valence-electron chi connectivity index (χ3n) is 3.62. The number of nitrogens with one attached hydrogen (secondary N) is 1. The molecule has 0 bridgehead atoms. The normalized spacial score (nSPS) is 10.6. The number of amides is 2. The van der Waals surface area contributed by atoms with Gasteiger partial charge in [0.1, 0.15) is 0 Å². The molecule has 0 atom stereocenters. The molecule has 0 fully saturated rings. The zero-order valence-electron chi connectivity index (χ0n) is 13.9. The molecule has 1 N–H and O–H groups in total. The zero-order valence-corrected chi connectivity index (χ0v) is 13.9. The molecule has 5 nitrogen and oxygen atoms in total. The second-order valence-corrected chi connectivity index (χ2v) is 5.41. The van der Waals surface area contributed by atoms with Crippen LogP contribution in [-0.4, -0.2) is 42.3 Å². The lowest BCUT2D eigenvalue weighted by molar-refractivity contribution is -0.124. The Bertz CT molecular complexity index is 726. The molecule has 0 aliphatic rings. The molecule has 0 saturated carbocycles. The second-order valence-electron chi connectivity index (χ2n) is 5.41. The molecule has 124 valence electrons. The summed E-state index contributed by atoms with van der Waals surface area (Å²) >= 11 is 0. The number of aromatic nitrogens is 1.